The number of aromatic nitrogens is 1. The third-order valence-electron chi connectivity index (χ3n) is 2.80. The Morgan fingerprint density at radius 3 is 2.89 bits per heavy atom. The summed E-state index contributed by atoms with van der Waals surface area (Å²) in [6, 6.07) is 5.87. The normalized spacial score (nSPS) is 10.4. The van der Waals surface area contributed by atoms with Gasteiger partial charge in [-0.1, -0.05) is 6.07 Å². The molecule has 0 radical (unpaired) electrons. The number of aromatic carboxylic acids is 1. The molecule has 0 aliphatic heterocycles. The predicted molar refractivity (Wildman–Crippen MR) is 77.2 cm³/mol. The number of hydrogen-bond acceptors (Lipinski definition) is 4. The number of rotatable bonds is 5. The molecule has 0 amide bonds. The van der Waals surface area contributed by atoms with Crippen LogP contribution in [0.2, 0.25) is 0 Å². The fraction of sp³-hybridized carbons (Fsp3) is 0.286. The second kappa shape index (κ2) is 5.84. The molecule has 0 saturated heterocycles. The van der Waals surface area contributed by atoms with Crippen molar-refractivity contribution in [1.82, 2.24) is 4.98 Å². The van der Waals surface area contributed by atoms with Crippen LogP contribution in [0.5, 0.6) is 0 Å². The van der Waals surface area contributed by atoms with Crippen molar-refractivity contribution in [3.05, 3.63) is 45.3 Å². The number of thiophene rings is 1. The maximum absolute atomic E-state index is 11.3. The van der Waals surface area contributed by atoms with Crippen molar-refractivity contribution in [3.8, 4) is 0 Å². The molecule has 2 aromatic heterocycles. The highest BCUT2D eigenvalue weighted by molar-refractivity contribution is 7.09. The zero-order chi connectivity index (χ0) is 13.8. The molecule has 0 bridgehead atoms. The van der Waals surface area contributed by atoms with Crippen LogP contribution in [0.15, 0.2) is 23.6 Å². The predicted octanol–water partition coefficient (Wildman–Crippen LogP) is 3.11. The molecule has 2 N–H and O–H groups in total. The number of aryl methyl sites for hydroxylation is 2. The van der Waals surface area contributed by atoms with Crippen molar-refractivity contribution >= 4 is 23.1 Å². The molecule has 5 heteroatoms. The lowest BCUT2D eigenvalue weighted by atomic mass is 10.1. The van der Waals surface area contributed by atoms with Gasteiger partial charge in [-0.25, -0.2) is 9.78 Å². The molecule has 2 heterocycles. The summed E-state index contributed by atoms with van der Waals surface area (Å²) in [5, 5.41) is 14.4. The minimum atomic E-state index is -0.941. The van der Waals surface area contributed by atoms with E-state index in [9.17, 15) is 9.90 Å². The average molecular weight is 276 g/mol. The fourth-order valence-electron chi connectivity index (χ4n) is 1.99. The van der Waals surface area contributed by atoms with Crippen LogP contribution in [-0.4, -0.2) is 22.6 Å². The van der Waals surface area contributed by atoms with Gasteiger partial charge in [0.05, 0.1) is 0 Å². The lowest BCUT2D eigenvalue weighted by molar-refractivity contribution is 0.0697. The minimum Gasteiger partial charge on any atom is -0.478 e. The average Bonchev–Trinajstić information content (AvgIpc) is 2.80. The van der Waals surface area contributed by atoms with Gasteiger partial charge in [0.15, 0.2) is 0 Å². The molecule has 0 aliphatic rings. The van der Waals surface area contributed by atoms with E-state index in [0.29, 0.717) is 12.4 Å². The van der Waals surface area contributed by atoms with E-state index in [2.05, 4.69) is 16.4 Å². The molecular weight excluding hydrogens is 260 g/mol. The summed E-state index contributed by atoms with van der Waals surface area (Å²) < 4.78 is 0. The quantitative estimate of drug-likeness (QED) is 0.880. The fourth-order valence-corrected chi connectivity index (χ4v) is 2.70. The van der Waals surface area contributed by atoms with Crippen LogP contribution in [0.25, 0.3) is 0 Å². The van der Waals surface area contributed by atoms with E-state index in [1.165, 1.54) is 4.88 Å². The van der Waals surface area contributed by atoms with Crippen molar-refractivity contribution in [1.29, 1.82) is 0 Å². The molecule has 100 valence electrons. The lowest BCUT2D eigenvalue weighted by Crippen LogP contribution is -2.13. The van der Waals surface area contributed by atoms with Gasteiger partial charge in [-0.3, -0.25) is 0 Å². The molecule has 0 atom stereocenters. The molecule has 4 nitrogen and oxygen atoms in total. The van der Waals surface area contributed by atoms with Crippen molar-refractivity contribution in [2.75, 3.05) is 11.9 Å². The smallest absolute Gasteiger partial charge is 0.339 e. The van der Waals surface area contributed by atoms with Crippen LogP contribution in [0.3, 0.4) is 0 Å². The first-order valence-corrected chi connectivity index (χ1v) is 6.93. The Morgan fingerprint density at radius 1 is 1.47 bits per heavy atom. The number of nitrogens with zero attached hydrogens (tertiary/aromatic N) is 1. The number of pyridine rings is 1. The molecule has 0 fully saturated rings. The Hall–Kier alpha value is -1.88. The topological polar surface area (TPSA) is 62.2 Å². The number of hydrogen-bond donors (Lipinski definition) is 2. The monoisotopic (exact) mass is 276 g/mol. The first kappa shape index (κ1) is 13.5. The largest absolute Gasteiger partial charge is 0.478 e. The van der Waals surface area contributed by atoms with Crippen LogP contribution in [0.4, 0.5) is 5.82 Å². The van der Waals surface area contributed by atoms with E-state index in [1.54, 1.807) is 24.3 Å². The van der Waals surface area contributed by atoms with Gasteiger partial charge in [0, 0.05) is 17.1 Å². The van der Waals surface area contributed by atoms with E-state index in [1.807, 2.05) is 18.4 Å². The third kappa shape index (κ3) is 3.32. The van der Waals surface area contributed by atoms with Crippen molar-refractivity contribution < 1.29 is 9.90 Å². The van der Waals surface area contributed by atoms with Crippen LogP contribution < -0.4 is 5.32 Å². The zero-order valence-corrected chi connectivity index (χ0v) is 11.8. The molecule has 0 saturated carbocycles. The third-order valence-corrected chi connectivity index (χ3v) is 3.74. The molecule has 0 aromatic carbocycles. The Labute approximate surface area is 116 Å². The van der Waals surface area contributed by atoms with Gasteiger partial charge in [0.25, 0.3) is 0 Å². The van der Waals surface area contributed by atoms with E-state index < -0.39 is 5.97 Å². The van der Waals surface area contributed by atoms with Gasteiger partial charge in [-0.2, -0.15) is 0 Å². The summed E-state index contributed by atoms with van der Waals surface area (Å²) in [6.07, 6.45) is 0.866. The van der Waals surface area contributed by atoms with Crippen LogP contribution >= 0.6 is 11.3 Å². The molecule has 19 heavy (non-hydrogen) atoms. The maximum Gasteiger partial charge on any atom is 0.339 e. The van der Waals surface area contributed by atoms with Gasteiger partial charge in [-0.15, -0.1) is 11.3 Å². The molecule has 0 spiro atoms. The summed E-state index contributed by atoms with van der Waals surface area (Å²) in [6.45, 7) is 4.34. The van der Waals surface area contributed by atoms with Crippen molar-refractivity contribution in [2.24, 2.45) is 0 Å². The SMILES string of the molecule is Cc1cc(C)c(C(=O)O)c(NCCc2cccs2)n1. The number of carboxylic acid groups (broad SMARTS) is 1. The van der Waals surface area contributed by atoms with Crippen LogP contribution in [0.1, 0.15) is 26.5 Å². The van der Waals surface area contributed by atoms with E-state index in [0.717, 1.165) is 17.7 Å². The van der Waals surface area contributed by atoms with Crippen LogP contribution in [0, 0.1) is 13.8 Å². The second-order valence-corrected chi connectivity index (χ2v) is 5.40. The standard InChI is InChI=1S/C14H16N2O2S/c1-9-8-10(2)16-13(12(9)14(17)18)15-6-5-11-4-3-7-19-11/h3-4,7-8H,5-6H2,1-2H3,(H,15,16)(H,17,18). The zero-order valence-electron chi connectivity index (χ0n) is 10.9. The number of carbonyl (C=O) groups is 1. The van der Waals surface area contributed by atoms with Crippen LogP contribution in [-0.2, 0) is 6.42 Å². The number of nitrogens with one attached hydrogen (secondary N) is 1. The van der Waals surface area contributed by atoms with Gasteiger partial charge >= 0.3 is 5.97 Å². The number of anilines is 1. The number of carboxylic acids is 1. The summed E-state index contributed by atoms with van der Waals surface area (Å²) in [5.74, 6) is -0.481. The first-order chi connectivity index (χ1) is 9.08. The van der Waals surface area contributed by atoms with Crippen molar-refractivity contribution in [3.63, 3.8) is 0 Å². The summed E-state index contributed by atoms with van der Waals surface area (Å²) in [7, 11) is 0. The second-order valence-electron chi connectivity index (χ2n) is 4.37. The van der Waals surface area contributed by atoms with E-state index >= 15 is 0 Å². The Morgan fingerprint density at radius 2 is 2.26 bits per heavy atom. The lowest BCUT2D eigenvalue weighted by Gasteiger charge is -2.11. The van der Waals surface area contributed by atoms with Gasteiger partial charge < -0.3 is 10.4 Å². The molecule has 2 rings (SSSR count). The van der Waals surface area contributed by atoms with Gasteiger partial charge in [-0.05, 0) is 43.3 Å². The van der Waals surface area contributed by atoms with E-state index in [-0.39, 0.29) is 5.56 Å². The minimum absolute atomic E-state index is 0.261. The molecule has 0 aliphatic carbocycles. The molecule has 2 aromatic rings. The Kier molecular flexibility index (Phi) is 4.16. The van der Waals surface area contributed by atoms with E-state index in [4.69, 9.17) is 0 Å². The molecule has 0 unspecified atom stereocenters. The van der Waals surface area contributed by atoms with Gasteiger partial charge in [0.2, 0.25) is 0 Å². The maximum atomic E-state index is 11.3. The molecular formula is C14H16N2O2S. The summed E-state index contributed by atoms with van der Waals surface area (Å²) in [5.41, 5.74) is 1.82. The Bertz CT molecular complexity index is 579. The van der Waals surface area contributed by atoms with Crippen molar-refractivity contribution in [2.45, 2.75) is 20.3 Å². The van der Waals surface area contributed by atoms with Gasteiger partial charge in [0.1, 0.15) is 11.4 Å². The summed E-state index contributed by atoms with van der Waals surface area (Å²) >= 11 is 1.70. The Balaban J connectivity index is 2.12. The first-order valence-electron chi connectivity index (χ1n) is 6.05. The summed E-state index contributed by atoms with van der Waals surface area (Å²) in [4.78, 5) is 16.8. The highest BCUT2D eigenvalue weighted by Crippen LogP contribution is 2.19. The highest BCUT2D eigenvalue weighted by atomic mass is 32.1. The highest BCUT2D eigenvalue weighted by Gasteiger charge is 2.15.